The molecule has 0 saturated carbocycles. The number of anilines is 1. The van der Waals surface area contributed by atoms with E-state index in [9.17, 15) is 14.4 Å². The van der Waals surface area contributed by atoms with E-state index in [0.717, 1.165) is 31.6 Å². The molecule has 5 rings (SSSR count). The smallest absolute Gasteiger partial charge is 0.243 e. The van der Waals surface area contributed by atoms with Crippen LogP contribution in [0, 0.1) is 0 Å². The fourth-order valence-electron chi connectivity index (χ4n) is 4.51. The maximum atomic E-state index is 12.7. The summed E-state index contributed by atoms with van der Waals surface area (Å²) in [5, 5.41) is 2.97. The summed E-state index contributed by atoms with van der Waals surface area (Å²) in [4.78, 5) is 40.4. The van der Waals surface area contributed by atoms with Crippen LogP contribution in [-0.4, -0.2) is 52.9 Å². The number of piperidine rings is 1. The molecule has 1 saturated heterocycles. The number of ether oxygens (including phenoxy) is 1. The molecule has 2 heterocycles. The number of amides is 1. The third-order valence-electron chi connectivity index (χ3n) is 6.51. The number of hydrogen-bond donors (Lipinski definition) is 1. The Morgan fingerprint density at radius 2 is 1.66 bits per heavy atom. The zero-order chi connectivity index (χ0) is 22.3. The lowest BCUT2D eigenvalue weighted by Gasteiger charge is -2.46. The number of hydrogen-bond acceptors (Lipinski definition) is 6. The first-order chi connectivity index (χ1) is 15.5. The standard InChI is InChI=1S/C25H24N2O4S/c1-16(24(30)26-17-7-3-2-4-8-17)27-13-11-25(12-14-27)15-32-23-21(29)20(28)18-9-5-6-10-19(18)22(23)31-25/h2-10,16H,11-15H2,1H3,(H,26,30). The van der Waals surface area contributed by atoms with E-state index in [2.05, 4.69) is 10.2 Å². The van der Waals surface area contributed by atoms with Gasteiger partial charge in [-0.3, -0.25) is 19.3 Å². The van der Waals surface area contributed by atoms with Gasteiger partial charge in [-0.15, -0.1) is 11.8 Å². The Bertz CT molecular complexity index is 1120. The van der Waals surface area contributed by atoms with Crippen LogP contribution in [0.5, 0.6) is 0 Å². The Morgan fingerprint density at radius 3 is 2.38 bits per heavy atom. The second kappa shape index (κ2) is 8.22. The minimum atomic E-state index is -0.470. The number of nitrogens with one attached hydrogen (secondary N) is 1. The maximum absolute atomic E-state index is 12.7. The molecule has 1 fully saturated rings. The second-order valence-corrected chi connectivity index (χ2v) is 9.49. The Kier molecular flexibility index (Phi) is 5.39. The van der Waals surface area contributed by atoms with E-state index in [1.807, 2.05) is 49.4 Å². The van der Waals surface area contributed by atoms with Crippen LogP contribution in [0.2, 0.25) is 0 Å². The first-order valence-electron chi connectivity index (χ1n) is 10.8. The maximum Gasteiger partial charge on any atom is 0.243 e. The minimum absolute atomic E-state index is 0.0265. The molecule has 0 radical (unpaired) electrons. The number of likely N-dealkylation sites (tertiary alicyclic amines) is 1. The number of allylic oxidation sites excluding steroid dienone is 1. The molecule has 7 heteroatoms. The largest absolute Gasteiger partial charge is 0.484 e. The molecule has 0 bridgehead atoms. The summed E-state index contributed by atoms with van der Waals surface area (Å²) in [6.07, 6.45) is 1.51. The van der Waals surface area contributed by atoms with E-state index in [1.54, 1.807) is 12.1 Å². The van der Waals surface area contributed by atoms with Gasteiger partial charge >= 0.3 is 0 Å². The molecule has 32 heavy (non-hydrogen) atoms. The van der Waals surface area contributed by atoms with Crippen molar-refractivity contribution in [2.24, 2.45) is 0 Å². The first-order valence-corrected chi connectivity index (χ1v) is 11.8. The average molecular weight is 449 g/mol. The van der Waals surface area contributed by atoms with Gasteiger partial charge in [0.25, 0.3) is 0 Å². The van der Waals surface area contributed by atoms with Gasteiger partial charge in [0.2, 0.25) is 17.5 Å². The predicted octanol–water partition coefficient (Wildman–Crippen LogP) is 3.75. The van der Waals surface area contributed by atoms with Crippen molar-refractivity contribution in [2.45, 2.75) is 31.4 Å². The van der Waals surface area contributed by atoms with E-state index in [1.165, 1.54) is 11.8 Å². The number of Topliss-reactive ketones (excluding diaryl/α,β-unsaturated/α-hetero) is 2. The van der Waals surface area contributed by atoms with E-state index in [-0.39, 0.29) is 11.9 Å². The van der Waals surface area contributed by atoms with Crippen LogP contribution in [0.1, 0.15) is 35.7 Å². The molecule has 1 atom stereocenters. The highest BCUT2D eigenvalue weighted by Gasteiger charge is 2.46. The number of ketones is 2. The molecule has 1 spiro atoms. The highest BCUT2D eigenvalue weighted by Crippen LogP contribution is 2.47. The van der Waals surface area contributed by atoms with Crippen LogP contribution in [0.4, 0.5) is 5.69 Å². The zero-order valence-corrected chi connectivity index (χ0v) is 18.6. The van der Waals surface area contributed by atoms with Crippen LogP contribution in [0.15, 0.2) is 59.5 Å². The van der Waals surface area contributed by atoms with Crippen molar-refractivity contribution in [1.82, 2.24) is 4.90 Å². The summed E-state index contributed by atoms with van der Waals surface area (Å²) in [6.45, 7) is 3.37. The quantitative estimate of drug-likeness (QED) is 0.721. The van der Waals surface area contributed by atoms with E-state index >= 15 is 0 Å². The Morgan fingerprint density at radius 1 is 1.00 bits per heavy atom. The Labute approximate surface area is 191 Å². The van der Waals surface area contributed by atoms with Crippen molar-refractivity contribution in [3.63, 3.8) is 0 Å². The summed E-state index contributed by atoms with van der Waals surface area (Å²) >= 11 is 1.43. The highest BCUT2D eigenvalue weighted by molar-refractivity contribution is 8.04. The monoisotopic (exact) mass is 448 g/mol. The van der Waals surface area contributed by atoms with Crippen molar-refractivity contribution in [3.05, 3.63) is 70.6 Å². The number of benzene rings is 2. The number of para-hydroxylation sites is 1. The van der Waals surface area contributed by atoms with E-state index in [4.69, 9.17) is 4.74 Å². The number of fused-ring (bicyclic) bond motifs is 2. The fraction of sp³-hybridized carbons (Fsp3) is 0.320. The predicted molar refractivity (Wildman–Crippen MR) is 124 cm³/mol. The molecule has 2 aromatic rings. The van der Waals surface area contributed by atoms with E-state index in [0.29, 0.717) is 27.5 Å². The summed E-state index contributed by atoms with van der Waals surface area (Å²) in [6, 6.07) is 16.4. The third-order valence-corrected chi connectivity index (χ3v) is 7.84. The number of carbonyl (C=O) groups is 3. The van der Waals surface area contributed by atoms with Crippen LogP contribution in [0.3, 0.4) is 0 Å². The molecule has 1 unspecified atom stereocenters. The van der Waals surface area contributed by atoms with Crippen LogP contribution < -0.4 is 5.32 Å². The molecular weight excluding hydrogens is 424 g/mol. The van der Waals surface area contributed by atoms with Gasteiger partial charge in [0, 0.05) is 48.5 Å². The molecule has 1 amide bonds. The van der Waals surface area contributed by atoms with Crippen molar-refractivity contribution in [1.29, 1.82) is 0 Å². The summed E-state index contributed by atoms with van der Waals surface area (Å²) in [5.41, 5.74) is 1.51. The van der Waals surface area contributed by atoms with Crippen LogP contribution >= 0.6 is 11.8 Å². The fourth-order valence-corrected chi connectivity index (χ4v) is 5.77. The Hall–Kier alpha value is -2.90. The number of carbonyl (C=O) groups excluding carboxylic acids is 3. The molecule has 2 aromatic carbocycles. The molecule has 1 N–H and O–H groups in total. The zero-order valence-electron chi connectivity index (χ0n) is 17.8. The summed E-state index contributed by atoms with van der Waals surface area (Å²) in [5.74, 6) is 0.221. The second-order valence-electron chi connectivity index (χ2n) is 8.50. The van der Waals surface area contributed by atoms with Crippen molar-refractivity contribution in [3.8, 4) is 0 Å². The van der Waals surface area contributed by atoms with Crippen molar-refractivity contribution in [2.75, 3.05) is 24.2 Å². The molecule has 2 aliphatic heterocycles. The van der Waals surface area contributed by atoms with Crippen molar-refractivity contribution < 1.29 is 19.1 Å². The van der Waals surface area contributed by atoms with Gasteiger partial charge in [0.1, 0.15) is 16.3 Å². The number of thioether (sulfide) groups is 1. The van der Waals surface area contributed by atoms with Gasteiger partial charge in [-0.1, -0.05) is 42.5 Å². The molecule has 1 aliphatic carbocycles. The molecule has 0 aromatic heterocycles. The molecule has 164 valence electrons. The van der Waals surface area contributed by atoms with Gasteiger partial charge < -0.3 is 10.1 Å². The van der Waals surface area contributed by atoms with Crippen LogP contribution in [-0.2, 0) is 14.3 Å². The lowest BCUT2D eigenvalue weighted by molar-refractivity contribution is -0.122. The molecule has 6 nitrogen and oxygen atoms in total. The first kappa shape index (κ1) is 21.0. The normalized spacial score (nSPS) is 20.9. The highest BCUT2D eigenvalue weighted by atomic mass is 32.2. The number of rotatable bonds is 3. The lowest BCUT2D eigenvalue weighted by Crippen LogP contribution is -2.53. The lowest BCUT2D eigenvalue weighted by atomic mass is 9.89. The van der Waals surface area contributed by atoms with Gasteiger partial charge in [0.05, 0.1) is 6.04 Å². The van der Waals surface area contributed by atoms with Gasteiger partial charge in [-0.25, -0.2) is 0 Å². The topological polar surface area (TPSA) is 75.7 Å². The summed E-state index contributed by atoms with van der Waals surface area (Å²) in [7, 11) is 0. The SMILES string of the molecule is CC(C(=O)Nc1ccccc1)N1CCC2(CC1)CSC1=C(O2)c2ccccc2C(=O)C1=O. The molecular formula is C25H24N2O4S. The van der Waals surface area contributed by atoms with Crippen LogP contribution in [0.25, 0.3) is 5.76 Å². The molecule has 3 aliphatic rings. The minimum Gasteiger partial charge on any atom is -0.484 e. The number of nitrogens with zero attached hydrogens (tertiary/aromatic N) is 1. The average Bonchev–Trinajstić information content (AvgIpc) is 2.83. The van der Waals surface area contributed by atoms with E-state index < -0.39 is 17.2 Å². The van der Waals surface area contributed by atoms with Gasteiger partial charge in [-0.05, 0) is 19.1 Å². The summed E-state index contributed by atoms with van der Waals surface area (Å²) < 4.78 is 6.51. The van der Waals surface area contributed by atoms with Gasteiger partial charge in [-0.2, -0.15) is 0 Å². The Balaban J connectivity index is 1.28. The third kappa shape index (κ3) is 3.65. The van der Waals surface area contributed by atoms with Crippen molar-refractivity contribution >= 4 is 40.7 Å². The van der Waals surface area contributed by atoms with Gasteiger partial charge in [0.15, 0.2) is 0 Å².